The molecule has 12 heavy (non-hydrogen) atoms. The van der Waals surface area contributed by atoms with Gasteiger partial charge < -0.3 is 0 Å². The maximum atomic E-state index is 12.2. The third-order valence-corrected chi connectivity index (χ3v) is 2.88. The number of aromatic nitrogens is 1. The van der Waals surface area contributed by atoms with E-state index in [1.54, 1.807) is 6.07 Å². The van der Waals surface area contributed by atoms with Crippen molar-refractivity contribution in [2.24, 2.45) is 0 Å². The van der Waals surface area contributed by atoms with Crippen LogP contribution in [0, 0.1) is 3.57 Å². The number of hydrogen-bond donors (Lipinski definition) is 0. The Balaban J connectivity index is 3.14. The summed E-state index contributed by atoms with van der Waals surface area (Å²) in [6.45, 7) is 0. The van der Waals surface area contributed by atoms with Crippen molar-refractivity contribution < 1.29 is 8.78 Å². The summed E-state index contributed by atoms with van der Waals surface area (Å²) in [4.78, 5) is 3.57. The van der Waals surface area contributed by atoms with Crippen LogP contribution in [0.2, 0.25) is 0 Å². The van der Waals surface area contributed by atoms with Crippen LogP contribution in [0.25, 0.3) is 0 Å². The molecule has 0 aliphatic carbocycles. The Kier molecular flexibility index (Phi) is 3.64. The minimum absolute atomic E-state index is 0.186. The summed E-state index contributed by atoms with van der Waals surface area (Å²) >= 11 is 7.36. The zero-order valence-electron chi connectivity index (χ0n) is 5.90. The third kappa shape index (κ3) is 2.04. The van der Waals surface area contributed by atoms with Crippen LogP contribution >= 0.6 is 34.2 Å². The third-order valence-electron chi connectivity index (χ3n) is 1.35. The second-order valence-corrected chi connectivity index (χ2v) is 3.45. The van der Waals surface area contributed by atoms with Crippen LogP contribution in [0.3, 0.4) is 0 Å². The number of halogens is 4. The number of hydrogen-bond acceptors (Lipinski definition) is 1. The lowest BCUT2D eigenvalue weighted by Crippen LogP contribution is -1.97. The fourth-order valence-corrected chi connectivity index (χ4v) is 1.95. The van der Waals surface area contributed by atoms with E-state index < -0.39 is 6.43 Å². The fourth-order valence-electron chi connectivity index (χ4n) is 0.757. The zero-order valence-corrected chi connectivity index (χ0v) is 8.81. The van der Waals surface area contributed by atoms with Gasteiger partial charge in [0.2, 0.25) is 0 Å². The van der Waals surface area contributed by atoms with E-state index in [0.29, 0.717) is 9.13 Å². The summed E-state index contributed by atoms with van der Waals surface area (Å²) in [6, 6.07) is 1.64. The topological polar surface area (TPSA) is 12.9 Å². The fraction of sp³-hybridized carbons (Fsp3) is 0.286. The van der Waals surface area contributed by atoms with Gasteiger partial charge in [0.25, 0.3) is 6.43 Å². The molecule has 1 aromatic rings. The molecule has 0 bridgehead atoms. The molecule has 0 atom stereocenters. The Hall–Kier alpha value is 0.0300. The molecule has 0 saturated heterocycles. The molecule has 0 aliphatic heterocycles. The first kappa shape index (κ1) is 10.1. The van der Waals surface area contributed by atoms with Gasteiger partial charge >= 0.3 is 0 Å². The van der Waals surface area contributed by atoms with Crippen molar-refractivity contribution in [3.05, 3.63) is 27.1 Å². The number of nitrogens with zero attached hydrogens (tertiary/aromatic N) is 1. The normalized spacial score (nSPS) is 10.8. The predicted molar refractivity (Wildman–Crippen MR) is 51.5 cm³/mol. The van der Waals surface area contributed by atoms with E-state index in [4.69, 9.17) is 11.6 Å². The monoisotopic (exact) mass is 303 g/mol. The predicted octanol–water partition coefficient (Wildman–Crippen LogP) is 3.36. The van der Waals surface area contributed by atoms with Crippen molar-refractivity contribution in [2.45, 2.75) is 12.3 Å². The van der Waals surface area contributed by atoms with Crippen LogP contribution in [0.15, 0.2) is 12.3 Å². The van der Waals surface area contributed by atoms with Crippen molar-refractivity contribution in [1.29, 1.82) is 0 Å². The highest BCUT2D eigenvalue weighted by molar-refractivity contribution is 14.1. The van der Waals surface area contributed by atoms with E-state index in [0.717, 1.165) is 0 Å². The number of pyridine rings is 1. The smallest absolute Gasteiger partial charge is 0.254 e. The van der Waals surface area contributed by atoms with E-state index >= 15 is 0 Å². The van der Waals surface area contributed by atoms with Crippen molar-refractivity contribution >= 4 is 34.2 Å². The Morgan fingerprint density at radius 3 is 2.75 bits per heavy atom. The molecule has 0 radical (unpaired) electrons. The first-order valence-electron chi connectivity index (χ1n) is 3.14. The molecule has 0 unspecified atom stereocenters. The average molecular weight is 303 g/mol. The van der Waals surface area contributed by atoms with Crippen molar-refractivity contribution in [3.63, 3.8) is 0 Å². The SMILES string of the molecule is FC(F)c1nccc(CCl)c1I. The van der Waals surface area contributed by atoms with Gasteiger partial charge in [0.15, 0.2) is 0 Å². The zero-order chi connectivity index (χ0) is 9.14. The molecule has 0 fully saturated rings. The van der Waals surface area contributed by atoms with Crippen LogP contribution < -0.4 is 0 Å². The molecule has 0 spiro atoms. The summed E-state index contributed by atoms with van der Waals surface area (Å²) in [5, 5.41) is 0. The largest absolute Gasteiger partial charge is 0.281 e. The van der Waals surface area contributed by atoms with Crippen molar-refractivity contribution in [2.75, 3.05) is 0 Å². The molecule has 1 heterocycles. The first-order chi connectivity index (χ1) is 5.66. The van der Waals surface area contributed by atoms with Gasteiger partial charge in [-0.3, -0.25) is 4.98 Å². The lowest BCUT2D eigenvalue weighted by molar-refractivity contribution is 0.145. The van der Waals surface area contributed by atoms with Crippen LogP contribution in [-0.2, 0) is 5.88 Å². The number of alkyl halides is 3. The van der Waals surface area contributed by atoms with Gasteiger partial charge in [-0.05, 0) is 34.2 Å². The minimum atomic E-state index is -2.53. The highest BCUT2D eigenvalue weighted by atomic mass is 127. The molecule has 0 aromatic carbocycles. The maximum Gasteiger partial charge on any atom is 0.281 e. The Bertz CT molecular complexity index is 280. The van der Waals surface area contributed by atoms with E-state index in [1.165, 1.54) is 6.20 Å². The highest BCUT2D eigenvalue weighted by Crippen LogP contribution is 2.25. The van der Waals surface area contributed by atoms with Crippen LogP contribution in [-0.4, -0.2) is 4.98 Å². The lowest BCUT2D eigenvalue weighted by Gasteiger charge is -2.04. The standard InChI is InChI=1S/C7H5ClF2IN/c8-3-4-1-2-12-6(5(4)11)7(9)10/h1-2,7H,3H2. The van der Waals surface area contributed by atoms with Gasteiger partial charge in [-0.15, -0.1) is 11.6 Å². The molecule has 5 heteroatoms. The molecule has 0 aliphatic rings. The minimum Gasteiger partial charge on any atom is -0.254 e. The van der Waals surface area contributed by atoms with Gasteiger partial charge in [0, 0.05) is 15.6 Å². The summed E-state index contributed by atoms with van der Waals surface area (Å²) in [6.07, 6.45) is -1.18. The summed E-state index contributed by atoms with van der Waals surface area (Å²) < 4.78 is 24.9. The van der Waals surface area contributed by atoms with Gasteiger partial charge in [-0.25, -0.2) is 8.78 Å². The Morgan fingerprint density at radius 2 is 2.25 bits per heavy atom. The summed E-state index contributed by atoms with van der Waals surface area (Å²) in [5.74, 6) is 0.237. The second kappa shape index (κ2) is 4.32. The second-order valence-electron chi connectivity index (χ2n) is 2.10. The van der Waals surface area contributed by atoms with E-state index in [9.17, 15) is 8.78 Å². The molecule has 0 saturated carbocycles. The van der Waals surface area contributed by atoms with Gasteiger partial charge in [0.1, 0.15) is 5.69 Å². The van der Waals surface area contributed by atoms with Gasteiger partial charge in [0.05, 0.1) is 0 Å². The molecule has 0 N–H and O–H groups in total. The highest BCUT2D eigenvalue weighted by Gasteiger charge is 2.14. The van der Waals surface area contributed by atoms with Crippen LogP contribution in [0.1, 0.15) is 17.7 Å². The quantitative estimate of drug-likeness (QED) is 0.603. The van der Waals surface area contributed by atoms with E-state index in [1.807, 2.05) is 22.6 Å². The molecule has 1 nitrogen and oxygen atoms in total. The van der Waals surface area contributed by atoms with Gasteiger partial charge in [-0.2, -0.15) is 0 Å². The van der Waals surface area contributed by atoms with Crippen molar-refractivity contribution in [3.8, 4) is 0 Å². The summed E-state index contributed by atoms with van der Waals surface area (Å²) in [5.41, 5.74) is 0.510. The van der Waals surface area contributed by atoms with Crippen LogP contribution in [0.5, 0.6) is 0 Å². The summed E-state index contributed by atoms with van der Waals surface area (Å²) in [7, 11) is 0. The number of rotatable bonds is 2. The average Bonchev–Trinajstić information content (AvgIpc) is 2.04. The lowest BCUT2D eigenvalue weighted by atomic mass is 10.2. The molecule has 0 amide bonds. The van der Waals surface area contributed by atoms with E-state index in [2.05, 4.69) is 4.98 Å². The first-order valence-corrected chi connectivity index (χ1v) is 4.75. The van der Waals surface area contributed by atoms with Crippen molar-refractivity contribution in [1.82, 2.24) is 4.98 Å². The Morgan fingerprint density at radius 1 is 1.58 bits per heavy atom. The molecule has 66 valence electrons. The van der Waals surface area contributed by atoms with E-state index in [-0.39, 0.29) is 11.6 Å². The molecular formula is C7H5ClF2IN. The van der Waals surface area contributed by atoms with Crippen LogP contribution in [0.4, 0.5) is 8.78 Å². The maximum absolute atomic E-state index is 12.2. The molecule has 1 aromatic heterocycles. The van der Waals surface area contributed by atoms with Gasteiger partial charge in [-0.1, -0.05) is 0 Å². The molecule has 1 rings (SSSR count). The molecular weight excluding hydrogens is 298 g/mol. The Labute approximate surface area is 87.3 Å².